The first kappa shape index (κ1) is 28.9. The van der Waals surface area contributed by atoms with E-state index in [1.165, 1.54) is 4.90 Å². The van der Waals surface area contributed by atoms with Crippen molar-refractivity contribution >= 4 is 46.5 Å². The topological polar surface area (TPSA) is 107 Å². The Morgan fingerprint density at radius 2 is 1.74 bits per heavy atom. The second kappa shape index (κ2) is 12.9. The monoisotopic (exact) mass is 589 g/mol. The van der Waals surface area contributed by atoms with Crippen LogP contribution in [0.3, 0.4) is 0 Å². The van der Waals surface area contributed by atoms with Gasteiger partial charge < -0.3 is 29.2 Å². The van der Waals surface area contributed by atoms with Crippen molar-refractivity contribution in [3.05, 3.63) is 77.9 Å². The maximum atomic E-state index is 13.8. The molecule has 1 N–H and O–H groups in total. The molecular formula is C31H31N3O7S. The van der Waals surface area contributed by atoms with Crippen LogP contribution in [0.5, 0.6) is 17.2 Å². The summed E-state index contributed by atoms with van der Waals surface area (Å²) in [4.78, 5) is 42.3. The summed E-state index contributed by atoms with van der Waals surface area (Å²) < 4.78 is 21.6. The zero-order valence-electron chi connectivity index (χ0n) is 23.3. The van der Waals surface area contributed by atoms with Gasteiger partial charge in [-0.15, -0.1) is 0 Å². The number of hydrogen-bond donors (Lipinski definition) is 1. The largest absolute Gasteiger partial charge is 0.494 e. The lowest BCUT2D eigenvalue weighted by Crippen LogP contribution is -2.37. The minimum atomic E-state index is -0.861. The number of ether oxygens (including phenoxy) is 4. The summed E-state index contributed by atoms with van der Waals surface area (Å²) in [7, 11) is 0. The summed E-state index contributed by atoms with van der Waals surface area (Å²) >= 11 is 5.79. The minimum absolute atomic E-state index is 0.130. The quantitative estimate of drug-likeness (QED) is 0.247. The molecule has 2 heterocycles. The van der Waals surface area contributed by atoms with E-state index < -0.39 is 12.0 Å². The molecule has 2 aliphatic rings. The molecule has 42 heavy (non-hydrogen) atoms. The van der Waals surface area contributed by atoms with Crippen molar-refractivity contribution in [1.82, 2.24) is 4.90 Å². The second-order valence-corrected chi connectivity index (χ2v) is 10.0. The van der Waals surface area contributed by atoms with Gasteiger partial charge in [0.25, 0.3) is 5.91 Å². The lowest BCUT2D eigenvalue weighted by atomic mass is 10.1. The maximum absolute atomic E-state index is 13.8. The molecule has 10 nitrogen and oxygen atoms in total. The number of rotatable bonds is 11. The van der Waals surface area contributed by atoms with Crippen LogP contribution in [-0.2, 0) is 20.9 Å². The van der Waals surface area contributed by atoms with E-state index in [0.29, 0.717) is 40.8 Å². The Hall–Kier alpha value is -4.64. The first-order valence-electron chi connectivity index (χ1n) is 13.7. The highest BCUT2D eigenvalue weighted by Crippen LogP contribution is 2.35. The number of nitrogens with zero attached hydrogens (tertiary/aromatic N) is 2. The smallest absolute Gasteiger partial charge is 0.338 e. The van der Waals surface area contributed by atoms with Gasteiger partial charge in [-0.3, -0.25) is 14.5 Å². The van der Waals surface area contributed by atoms with E-state index >= 15 is 0 Å². The number of benzene rings is 3. The average Bonchev–Trinajstić information content (AvgIpc) is 3.55. The molecule has 1 fully saturated rings. The molecule has 0 aromatic heterocycles. The molecule has 0 spiro atoms. The van der Waals surface area contributed by atoms with Crippen molar-refractivity contribution in [2.75, 3.05) is 30.2 Å². The average molecular weight is 590 g/mol. The van der Waals surface area contributed by atoms with Crippen LogP contribution < -0.4 is 24.4 Å². The van der Waals surface area contributed by atoms with Crippen LogP contribution in [0, 0.1) is 0 Å². The molecule has 0 saturated carbocycles. The third-order valence-electron chi connectivity index (χ3n) is 6.73. The molecule has 0 aliphatic carbocycles. The number of hydrogen-bond acceptors (Lipinski definition) is 8. The van der Waals surface area contributed by atoms with Gasteiger partial charge >= 0.3 is 5.97 Å². The van der Waals surface area contributed by atoms with Crippen molar-refractivity contribution in [3.63, 3.8) is 0 Å². The van der Waals surface area contributed by atoms with Crippen molar-refractivity contribution < 1.29 is 33.3 Å². The van der Waals surface area contributed by atoms with Crippen molar-refractivity contribution in [2.45, 2.75) is 39.3 Å². The fourth-order valence-corrected chi connectivity index (χ4v) is 5.08. The van der Waals surface area contributed by atoms with Crippen molar-refractivity contribution in [3.8, 4) is 17.2 Å². The van der Waals surface area contributed by atoms with Gasteiger partial charge in [0.2, 0.25) is 12.7 Å². The van der Waals surface area contributed by atoms with Gasteiger partial charge in [-0.2, -0.15) is 0 Å². The van der Waals surface area contributed by atoms with Gasteiger partial charge in [-0.1, -0.05) is 13.0 Å². The molecule has 3 aromatic rings. The van der Waals surface area contributed by atoms with Gasteiger partial charge in [-0.25, -0.2) is 4.79 Å². The van der Waals surface area contributed by atoms with Gasteiger partial charge in [-0.05, 0) is 91.8 Å². The molecule has 218 valence electrons. The van der Waals surface area contributed by atoms with Crippen molar-refractivity contribution in [1.29, 1.82) is 0 Å². The first-order chi connectivity index (χ1) is 20.4. The van der Waals surface area contributed by atoms with Gasteiger partial charge in [0.05, 0.1) is 30.9 Å². The van der Waals surface area contributed by atoms with E-state index in [9.17, 15) is 14.4 Å². The molecule has 1 atom stereocenters. The highest BCUT2D eigenvalue weighted by Gasteiger charge is 2.44. The number of anilines is 2. The van der Waals surface area contributed by atoms with Crippen molar-refractivity contribution in [2.24, 2.45) is 0 Å². The highest BCUT2D eigenvalue weighted by atomic mass is 32.1. The van der Waals surface area contributed by atoms with Gasteiger partial charge in [0, 0.05) is 12.2 Å². The SMILES string of the molecule is CCCOc1ccc(NC(=O)CC2C(=O)N(c3ccc(C(=O)OCC)cc3)C(=S)N2Cc2ccc3c(c2)OCO3)cc1. The lowest BCUT2D eigenvalue weighted by Gasteiger charge is -2.24. The van der Waals surface area contributed by atoms with E-state index in [2.05, 4.69) is 5.32 Å². The molecule has 5 rings (SSSR count). The summed E-state index contributed by atoms with van der Waals surface area (Å²) in [6.07, 6.45) is 0.764. The Balaban J connectivity index is 1.36. The first-order valence-corrected chi connectivity index (χ1v) is 14.1. The van der Waals surface area contributed by atoms with Crippen LogP contribution in [0.4, 0.5) is 11.4 Å². The Labute approximate surface area is 249 Å². The molecule has 2 aliphatic heterocycles. The highest BCUT2D eigenvalue weighted by molar-refractivity contribution is 7.80. The molecule has 3 aromatic carbocycles. The van der Waals surface area contributed by atoms with E-state index in [1.807, 2.05) is 19.1 Å². The number of nitrogens with one attached hydrogen (secondary N) is 1. The van der Waals surface area contributed by atoms with Crippen LogP contribution >= 0.6 is 12.2 Å². The van der Waals surface area contributed by atoms with Crippen LogP contribution in [0.15, 0.2) is 66.7 Å². The van der Waals surface area contributed by atoms with Crippen LogP contribution in [0.1, 0.15) is 42.6 Å². The Kier molecular flexibility index (Phi) is 8.87. The third-order valence-corrected chi connectivity index (χ3v) is 7.15. The summed E-state index contributed by atoms with van der Waals surface area (Å²) in [5, 5.41) is 3.12. The van der Waals surface area contributed by atoms with E-state index in [4.69, 9.17) is 31.2 Å². The molecule has 1 saturated heterocycles. The summed E-state index contributed by atoms with van der Waals surface area (Å²) in [6, 6.07) is 18.2. The van der Waals surface area contributed by atoms with E-state index in [1.54, 1.807) is 66.4 Å². The molecule has 1 unspecified atom stereocenters. The molecule has 2 amide bonds. The molecule has 11 heteroatoms. The maximum Gasteiger partial charge on any atom is 0.338 e. The number of amides is 2. The lowest BCUT2D eigenvalue weighted by molar-refractivity contribution is -0.124. The Morgan fingerprint density at radius 1 is 1.00 bits per heavy atom. The fourth-order valence-electron chi connectivity index (χ4n) is 4.69. The predicted molar refractivity (Wildman–Crippen MR) is 160 cm³/mol. The number of esters is 1. The molecule has 0 bridgehead atoms. The number of thiocarbonyl (C=S) groups is 1. The standard InChI is InChI=1S/C31H31N3O7S/c1-3-15-39-24-12-8-22(9-13-24)32-28(35)17-25-29(36)34(23-10-6-21(7-11-23)30(37)38-4-2)31(42)33(25)18-20-5-14-26-27(16-20)41-19-40-26/h5-14,16,25H,3-4,15,17-19H2,1-2H3,(H,32,35). The second-order valence-electron chi connectivity index (χ2n) is 9.68. The number of fused-ring (bicyclic) bond motifs is 1. The summed E-state index contributed by atoms with van der Waals surface area (Å²) in [5.74, 6) is 0.825. The van der Waals surface area contributed by atoms with Crippen LogP contribution in [0.25, 0.3) is 0 Å². The zero-order valence-corrected chi connectivity index (χ0v) is 24.1. The fraction of sp³-hybridized carbons (Fsp3) is 0.290. The Morgan fingerprint density at radius 3 is 2.45 bits per heavy atom. The van der Waals surface area contributed by atoms with Gasteiger partial charge in [0.15, 0.2) is 16.6 Å². The minimum Gasteiger partial charge on any atom is -0.494 e. The van der Waals surface area contributed by atoms with Crippen LogP contribution in [0.2, 0.25) is 0 Å². The molecule has 0 radical (unpaired) electrons. The molecular weight excluding hydrogens is 558 g/mol. The number of carbonyl (C=O) groups excluding carboxylic acids is 3. The Bertz CT molecular complexity index is 1480. The predicted octanol–water partition coefficient (Wildman–Crippen LogP) is 4.91. The van der Waals surface area contributed by atoms with Crippen LogP contribution in [-0.4, -0.2) is 53.8 Å². The number of carbonyl (C=O) groups is 3. The summed E-state index contributed by atoms with van der Waals surface area (Å²) in [5.41, 5.74) is 2.27. The van der Waals surface area contributed by atoms with E-state index in [0.717, 1.165) is 12.0 Å². The van der Waals surface area contributed by atoms with E-state index in [-0.39, 0.29) is 43.3 Å². The summed E-state index contributed by atoms with van der Waals surface area (Å²) in [6.45, 7) is 5.03. The third kappa shape index (κ3) is 6.31. The zero-order chi connectivity index (χ0) is 29.6. The normalized spacial score (nSPS) is 15.6. The van der Waals surface area contributed by atoms with Gasteiger partial charge in [0.1, 0.15) is 11.8 Å².